The van der Waals surface area contributed by atoms with Crippen molar-refractivity contribution < 1.29 is 29.4 Å². The first-order valence-electron chi connectivity index (χ1n) is 22.0. The molecule has 0 aliphatic heterocycles. The lowest BCUT2D eigenvalue weighted by atomic mass is 9.85. The average Bonchev–Trinajstić information content (AvgIpc) is 3.87. The maximum atomic E-state index is 9.46. The first-order valence-corrected chi connectivity index (χ1v) is 14.5. The van der Waals surface area contributed by atoms with E-state index in [1.807, 2.05) is 42.5 Å². The Kier molecular flexibility index (Phi) is 3.11. The van der Waals surface area contributed by atoms with Crippen molar-refractivity contribution in [3.8, 4) is 33.6 Å². The van der Waals surface area contributed by atoms with Crippen LogP contribution in [0.2, 0.25) is 0 Å². The van der Waals surface area contributed by atoms with Gasteiger partial charge < -0.3 is 8.83 Å². The number of hydrogen-bond acceptors (Lipinski definition) is 2. The number of benzene rings is 8. The van der Waals surface area contributed by atoms with Crippen LogP contribution >= 0.6 is 0 Å². The average molecular weight is 602 g/mol. The Balaban J connectivity index is 1.44. The third-order valence-corrected chi connectivity index (χ3v) is 8.35. The lowest BCUT2D eigenvalue weighted by Crippen LogP contribution is -1.91. The summed E-state index contributed by atoms with van der Waals surface area (Å²) in [6.07, 6.45) is 0. The zero-order valence-corrected chi connectivity index (χ0v) is 23.7. The number of fused-ring (bicyclic) bond motifs is 8. The number of para-hydroxylation sites is 1. The maximum absolute atomic E-state index is 9.46. The highest BCUT2D eigenvalue weighted by atomic mass is 16.3. The summed E-state index contributed by atoms with van der Waals surface area (Å²) in [5.41, 5.74) is 1.19. The minimum Gasteiger partial charge on any atom is -0.455 e. The first-order chi connectivity index (χ1) is 29.1. The second-order valence-electron chi connectivity index (χ2n) is 10.9. The lowest BCUT2D eigenvalue weighted by Gasteiger charge is -2.18. The van der Waals surface area contributed by atoms with E-state index in [0.29, 0.717) is 27.7 Å². The van der Waals surface area contributed by atoms with Crippen molar-refractivity contribution in [2.45, 2.75) is 0 Å². The van der Waals surface area contributed by atoms with Crippen molar-refractivity contribution in [3.05, 3.63) is 157 Å². The van der Waals surface area contributed by atoms with Gasteiger partial charge in [-0.1, -0.05) is 133 Å². The van der Waals surface area contributed by atoms with Crippen molar-refractivity contribution in [2.24, 2.45) is 0 Å². The highest BCUT2D eigenvalue weighted by molar-refractivity contribution is 6.26. The van der Waals surface area contributed by atoms with Gasteiger partial charge in [-0.2, -0.15) is 0 Å². The zero-order valence-electron chi connectivity index (χ0n) is 38.7. The van der Waals surface area contributed by atoms with Gasteiger partial charge in [-0.3, -0.25) is 0 Å². The minimum absolute atomic E-state index is 0.0510. The number of furan rings is 2. The monoisotopic (exact) mass is 601 g/mol. The van der Waals surface area contributed by atoms with E-state index in [-0.39, 0.29) is 38.3 Å². The van der Waals surface area contributed by atoms with Crippen LogP contribution in [-0.2, 0) is 0 Å². The molecule has 214 valence electrons. The Morgan fingerprint density at radius 2 is 1.15 bits per heavy atom. The molecule has 10 rings (SSSR count). The molecule has 46 heavy (non-hydrogen) atoms. The molecule has 0 aliphatic rings. The Labute approximate surface area is 285 Å². The molecule has 0 spiro atoms. The van der Waals surface area contributed by atoms with Crippen LogP contribution in [0.25, 0.3) is 98.8 Å². The van der Waals surface area contributed by atoms with Gasteiger partial charge in [-0.25, -0.2) is 0 Å². The Morgan fingerprint density at radius 3 is 1.91 bits per heavy atom. The molecular formula is C44H26O2. The minimum atomic E-state index is -0.755. The van der Waals surface area contributed by atoms with Crippen molar-refractivity contribution in [2.75, 3.05) is 0 Å². The van der Waals surface area contributed by atoms with E-state index in [4.69, 9.17) is 21.2 Å². The molecule has 0 aliphatic carbocycles. The summed E-state index contributed by atoms with van der Waals surface area (Å²) in [6.45, 7) is 0. The summed E-state index contributed by atoms with van der Waals surface area (Å²) >= 11 is 0. The highest BCUT2D eigenvalue weighted by Crippen LogP contribution is 2.47. The van der Waals surface area contributed by atoms with Gasteiger partial charge in [-0.05, 0) is 67.7 Å². The van der Waals surface area contributed by atoms with E-state index < -0.39 is 113 Å². The first kappa shape index (κ1) is 14.8. The third-order valence-electron chi connectivity index (χ3n) is 8.35. The summed E-state index contributed by atoms with van der Waals surface area (Å²) in [4.78, 5) is 0. The van der Waals surface area contributed by atoms with E-state index >= 15 is 0 Å². The quantitative estimate of drug-likeness (QED) is 0.188. The largest absolute Gasteiger partial charge is 0.455 e. The number of hydrogen-bond donors (Lipinski definition) is 0. The molecule has 0 fully saturated rings. The molecule has 2 aromatic heterocycles. The molecular weight excluding hydrogens is 560 g/mol. The fourth-order valence-corrected chi connectivity index (χ4v) is 6.37. The van der Waals surface area contributed by atoms with E-state index in [1.165, 1.54) is 0 Å². The van der Waals surface area contributed by atoms with Crippen LogP contribution in [0.1, 0.15) is 20.6 Å². The summed E-state index contributed by atoms with van der Waals surface area (Å²) in [5, 5.41) is -0.117. The lowest BCUT2D eigenvalue weighted by molar-refractivity contribution is 0.633. The summed E-state index contributed by atoms with van der Waals surface area (Å²) < 4.78 is 148. The van der Waals surface area contributed by atoms with E-state index in [9.17, 15) is 8.22 Å². The van der Waals surface area contributed by atoms with Crippen LogP contribution in [0, 0.1) is 0 Å². The SMILES string of the molecule is [2H]c1c([2H])c([2H])c2c([2H])c(-c3c4c([2H])c([2H])c([2H])c([2H])c4c(-c4cccc5c4oc4ccc6cc(-c7ccccc7)oc6c45)c4c([2H])c([2H])c([2H])c([2H])c34)c([2H])c([2H])c2c1[2H]. The fraction of sp³-hybridized carbons (Fsp3) is 0. The molecule has 0 N–H and O–H groups in total. The van der Waals surface area contributed by atoms with Gasteiger partial charge >= 0.3 is 0 Å². The predicted molar refractivity (Wildman–Crippen MR) is 192 cm³/mol. The Hall–Kier alpha value is -6.12. The van der Waals surface area contributed by atoms with Gasteiger partial charge in [0.05, 0.1) is 25.9 Å². The normalized spacial score (nSPS) is 16.5. The van der Waals surface area contributed by atoms with Crippen LogP contribution in [0.3, 0.4) is 0 Å². The second kappa shape index (κ2) is 9.69. The molecule has 0 bridgehead atoms. The van der Waals surface area contributed by atoms with Gasteiger partial charge in [0.1, 0.15) is 22.5 Å². The van der Waals surface area contributed by atoms with Crippen molar-refractivity contribution in [3.63, 3.8) is 0 Å². The van der Waals surface area contributed by atoms with Gasteiger partial charge in [-0.15, -0.1) is 0 Å². The second-order valence-corrected chi connectivity index (χ2v) is 10.9. The molecule has 8 aromatic carbocycles. The molecule has 2 nitrogen and oxygen atoms in total. The summed E-state index contributed by atoms with van der Waals surface area (Å²) in [5.74, 6) is 0.607. The molecule has 0 amide bonds. The standard InChI is InChI=1S/C44H26O2/c1-2-12-28(13-3-1)39-26-31-23-24-38-42(43(31)46-39)37-20-10-19-36(44(37)45-38)41-34-17-8-6-15-32(34)40(33-16-7-9-18-35(33)41)30-22-21-27-11-4-5-14-29(27)25-30/h1-26H/i4D,5D,6D,7D,8D,9D,11D,14D,15D,16D,17D,18D,21D,22D,25D. The third kappa shape index (κ3) is 3.65. The van der Waals surface area contributed by atoms with Gasteiger partial charge in [0.25, 0.3) is 0 Å². The zero-order chi connectivity index (χ0) is 43.2. The van der Waals surface area contributed by atoms with Crippen LogP contribution in [-0.4, -0.2) is 0 Å². The molecule has 0 saturated heterocycles. The molecule has 0 atom stereocenters. The summed E-state index contributed by atoms with van der Waals surface area (Å²) in [6, 6.07) is 9.77. The van der Waals surface area contributed by atoms with Gasteiger partial charge in [0, 0.05) is 27.5 Å². The smallest absolute Gasteiger partial charge is 0.146 e. The highest BCUT2D eigenvalue weighted by Gasteiger charge is 2.22. The van der Waals surface area contributed by atoms with Crippen molar-refractivity contribution in [1.29, 1.82) is 0 Å². The van der Waals surface area contributed by atoms with Crippen molar-refractivity contribution >= 4 is 65.2 Å². The predicted octanol–water partition coefficient (Wildman–Crippen LogP) is 12.8. The van der Waals surface area contributed by atoms with Gasteiger partial charge in [0.15, 0.2) is 0 Å². The molecule has 0 radical (unpaired) electrons. The summed E-state index contributed by atoms with van der Waals surface area (Å²) in [7, 11) is 0. The van der Waals surface area contributed by atoms with E-state index in [2.05, 4.69) is 0 Å². The van der Waals surface area contributed by atoms with E-state index in [1.54, 1.807) is 24.3 Å². The fourth-order valence-electron chi connectivity index (χ4n) is 6.37. The maximum Gasteiger partial charge on any atom is 0.146 e. The van der Waals surface area contributed by atoms with Crippen LogP contribution in [0.5, 0.6) is 0 Å². The molecule has 10 aromatic rings. The molecule has 0 unspecified atom stereocenters. The molecule has 2 heteroatoms. The van der Waals surface area contributed by atoms with Gasteiger partial charge in [0.2, 0.25) is 0 Å². The Bertz CT molecular complexity index is 3570. The topological polar surface area (TPSA) is 26.3 Å². The molecule has 0 saturated carbocycles. The Morgan fingerprint density at radius 1 is 0.457 bits per heavy atom. The van der Waals surface area contributed by atoms with Crippen LogP contribution in [0.15, 0.2) is 166 Å². The molecule has 2 heterocycles. The van der Waals surface area contributed by atoms with Crippen LogP contribution in [0.4, 0.5) is 0 Å². The number of rotatable bonds is 3. The van der Waals surface area contributed by atoms with E-state index in [0.717, 1.165) is 10.9 Å². The van der Waals surface area contributed by atoms with Crippen molar-refractivity contribution in [1.82, 2.24) is 0 Å². The van der Waals surface area contributed by atoms with Crippen LogP contribution < -0.4 is 0 Å².